The van der Waals surface area contributed by atoms with Crippen molar-refractivity contribution in [2.45, 2.75) is 58.5 Å². The minimum atomic E-state index is -0.333. The molecule has 1 aromatic rings. The van der Waals surface area contributed by atoms with Crippen molar-refractivity contribution in [3.8, 4) is 0 Å². The van der Waals surface area contributed by atoms with Crippen molar-refractivity contribution in [1.29, 1.82) is 0 Å². The fourth-order valence-corrected chi connectivity index (χ4v) is 2.55. The van der Waals surface area contributed by atoms with Gasteiger partial charge in [-0.15, -0.1) is 0 Å². The van der Waals surface area contributed by atoms with Gasteiger partial charge in [0.25, 0.3) is 0 Å². The highest BCUT2D eigenvalue weighted by atomic mass is 19.1. The number of benzene rings is 1. The van der Waals surface area contributed by atoms with Crippen LogP contribution in [0.2, 0.25) is 0 Å². The Hall–Kier alpha value is -0.960. The molecule has 0 heterocycles. The van der Waals surface area contributed by atoms with Crippen LogP contribution in [-0.4, -0.2) is 6.04 Å². The molecule has 0 spiro atoms. The van der Waals surface area contributed by atoms with Crippen LogP contribution in [0, 0.1) is 24.5 Å². The summed E-state index contributed by atoms with van der Waals surface area (Å²) < 4.78 is 27.5. The van der Waals surface area contributed by atoms with Gasteiger partial charge in [0.05, 0.1) is 0 Å². The molecule has 1 aromatic carbocycles. The van der Waals surface area contributed by atoms with Gasteiger partial charge in [0.15, 0.2) is 0 Å². The van der Waals surface area contributed by atoms with E-state index in [1.165, 1.54) is 25.0 Å². The lowest BCUT2D eigenvalue weighted by molar-refractivity contribution is 0.395. The van der Waals surface area contributed by atoms with Crippen LogP contribution in [0.1, 0.15) is 56.7 Å². The predicted molar refractivity (Wildman–Crippen MR) is 74.1 cm³/mol. The summed E-state index contributed by atoms with van der Waals surface area (Å²) in [4.78, 5) is 0. The van der Waals surface area contributed by atoms with Crippen LogP contribution < -0.4 is 5.32 Å². The van der Waals surface area contributed by atoms with Crippen LogP contribution >= 0.6 is 0 Å². The van der Waals surface area contributed by atoms with Crippen molar-refractivity contribution >= 4 is 0 Å². The first kappa shape index (κ1) is 14.4. The summed E-state index contributed by atoms with van der Waals surface area (Å²) in [6.07, 6.45) is 4.81. The van der Waals surface area contributed by atoms with E-state index in [-0.39, 0.29) is 17.7 Å². The van der Waals surface area contributed by atoms with Crippen LogP contribution in [0.4, 0.5) is 8.78 Å². The Labute approximate surface area is 114 Å². The number of aryl methyl sites for hydroxylation is 1. The molecule has 1 nitrogen and oxygen atoms in total. The Bertz CT molecular complexity index is 441. The maximum atomic E-state index is 13.9. The van der Waals surface area contributed by atoms with Gasteiger partial charge in [-0.2, -0.15) is 0 Å². The number of halogens is 2. The summed E-state index contributed by atoms with van der Waals surface area (Å²) in [5, 5.41) is 3.44. The lowest BCUT2D eigenvalue weighted by Crippen LogP contribution is -2.32. The van der Waals surface area contributed by atoms with Crippen LogP contribution in [0.5, 0.6) is 0 Å². The van der Waals surface area contributed by atoms with Gasteiger partial charge in [-0.25, -0.2) is 8.78 Å². The van der Waals surface area contributed by atoms with Gasteiger partial charge >= 0.3 is 0 Å². The fourth-order valence-electron chi connectivity index (χ4n) is 2.55. The molecule has 2 unspecified atom stereocenters. The number of hydrogen-bond acceptors (Lipinski definition) is 1. The van der Waals surface area contributed by atoms with Gasteiger partial charge in [0, 0.05) is 17.6 Å². The molecule has 0 bridgehead atoms. The van der Waals surface area contributed by atoms with Crippen molar-refractivity contribution in [3.05, 3.63) is 34.9 Å². The number of nitrogens with one attached hydrogen (secondary N) is 1. The lowest BCUT2D eigenvalue weighted by Gasteiger charge is -2.23. The minimum absolute atomic E-state index is 0.154. The second kappa shape index (κ2) is 6.00. The van der Waals surface area contributed by atoms with Crippen molar-refractivity contribution in [2.24, 2.45) is 5.92 Å². The topological polar surface area (TPSA) is 12.0 Å². The molecule has 0 aliphatic heterocycles. The smallest absolute Gasteiger partial charge is 0.128 e. The van der Waals surface area contributed by atoms with Crippen molar-refractivity contribution in [3.63, 3.8) is 0 Å². The third kappa shape index (κ3) is 3.75. The minimum Gasteiger partial charge on any atom is -0.307 e. The molecule has 2 rings (SSSR count). The van der Waals surface area contributed by atoms with Gasteiger partial charge in [0.1, 0.15) is 11.6 Å². The average molecular weight is 267 g/mol. The molecule has 1 aliphatic rings. The fraction of sp³-hybridized carbons (Fsp3) is 0.625. The Morgan fingerprint density at radius 3 is 2.53 bits per heavy atom. The SMILES string of the molecule is CCC(CC1CC1)NC(C)c1cc(F)c(C)cc1F. The molecule has 19 heavy (non-hydrogen) atoms. The molecule has 1 aliphatic carbocycles. The van der Waals surface area contributed by atoms with E-state index in [0.29, 0.717) is 17.2 Å². The lowest BCUT2D eigenvalue weighted by atomic mass is 10.0. The highest BCUT2D eigenvalue weighted by Gasteiger charge is 2.26. The van der Waals surface area contributed by atoms with Gasteiger partial charge in [-0.1, -0.05) is 19.8 Å². The molecule has 0 radical (unpaired) electrons. The molecule has 106 valence electrons. The van der Waals surface area contributed by atoms with Crippen LogP contribution in [0.15, 0.2) is 12.1 Å². The maximum Gasteiger partial charge on any atom is 0.128 e. The summed E-state index contributed by atoms with van der Waals surface area (Å²) in [6, 6.07) is 2.85. The summed E-state index contributed by atoms with van der Waals surface area (Å²) in [5.74, 6) is 0.185. The monoisotopic (exact) mass is 267 g/mol. The Morgan fingerprint density at radius 2 is 1.95 bits per heavy atom. The van der Waals surface area contributed by atoms with E-state index in [1.54, 1.807) is 6.92 Å². The zero-order chi connectivity index (χ0) is 14.0. The second-order valence-electron chi connectivity index (χ2n) is 5.80. The third-order valence-electron chi connectivity index (χ3n) is 4.04. The molecule has 0 amide bonds. The van der Waals surface area contributed by atoms with Crippen LogP contribution in [0.3, 0.4) is 0 Å². The molecule has 0 aromatic heterocycles. The summed E-state index contributed by atoms with van der Waals surface area (Å²) in [7, 11) is 0. The van der Waals surface area contributed by atoms with Crippen LogP contribution in [0.25, 0.3) is 0 Å². The quantitative estimate of drug-likeness (QED) is 0.800. The number of rotatable bonds is 6. The molecule has 3 heteroatoms. The van der Waals surface area contributed by atoms with Gasteiger partial charge in [-0.3, -0.25) is 0 Å². The van der Waals surface area contributed by atoms with E-state index >= 15 is 0 Å². The largest absolute Gasteiger partial charge is 0.307 e. The first-order valence-electron chi connectivity index (χ1n) is 7.22. The second-order valence-corrected chi connectivity index (χ2v) is 5.80. The molecule has 1 N–H and O–H groups in total. The average Bonchev–Trinajstić information content (AvgIpc) is 3.16. The zero-order valence-electron chi connectivity index (χ0n) is 12.0. The van der Waals surface area contributed by atoms with Crippen LogP contribution in [-0.2, 0) is 0 Å². The van der Waals surface area contributed by atoms with Crippen molar-refractivity contribution < 1.29 is 8.78 Å². The molecule has 0 saturated heterocycles. The van der Waals surface area contributed by atoms with Crippen molar-refractivity contribution in [2.75, 3.05) is 0 Å². The normalized spacial score (nSPS) is 18.4. The Kier molecular flexibility index (Phi) is 4.56. The molecular weight excluding hydrogens is 244 g/mol. The standard InChI is InChI=1S/C16H23F2N/c1-4-13(8-12-5-6-12)19-11(3)14-9-15(17)10(2)7-16(14)18/h7,9,11-13,19H,4-6,8H2,1-3H3. The first-order valence-corrected chi connectivity index (χ1v) is 7.22. The summed E-state index contributed by atoms with van der Waals surface area (Å²) >= 11 is 0. The molecule has 2 atom stereocenters. The maximum absolute atomic E-state index is 13.9. The van der Waals surface area contributed by atoms with Gasteiger partial charge in [0.2, 0.25) is 0 Å². The van der Waals surface area contributed by atoms with E-state index in [4.69, 9.17) is 0 Å². The molecular formula is C16H23F2N. The van der Waals surface area contributed by atoms with E-state index < -0.39 is 0 Å². The first-order chi connectivity index (χ1) is 9.01. The number of hydrogen-bond donors (Lipinski definition) is 1. The van der Waals surface area contributed by atoms with E-state index in [2.05, 4.69) is 12.2 Å². The van der Waals surface area contributed by atoms with E-state index in [1.807, 2.05) is 6.92 Å². The van der Waals surface area contributed by atoms with Crippen molar-refractivity contribution in [1.82, 2.24) is 5.32 Å². The third-order valence-corrected chi connectivity index (χ3v) is 4.04. The molecule has 1 fully saturated rings. The summed E-state index contributed by atoms with van der Waals surface area (Å²) in [5.41, 5.74) is 0.788. The zero-order valence-corrected chi connectivity index (χ0v) is 12.0. The highest BCUT2D eigenvalue weighted by Crippen LogP contribution is 2.34. The summed E-state index contributed by atoms with van der Waals surface area (Å²) in [6.45, 7) is 5.63. The van der Waals surface area contributed by atoms with Gasteiger partial charge in [-0.05, 0) is 50.3 Å². The molecule has 1 saturated carbocycles. The predicted octanol–water partition coefficient (Wildman–Crippen LogP) is 4.50. The Balaban J connectivity index is 2.05. The Morgan fingerprint density at radius 1 is 1.26 bits per heavy atom. The van der Waals surface area contributed by atoms with E-state index in [9.17, 15) is 8.78 Å². The highest BCUT2D eigenvalue weighted by molar-refractivity contribution is 5.27. The van der Waals surface area contributed by atoms with Gasteiger partial charge < -0.3 is 5.32 Å². The van der Waals surface area contributed by atoms with E-state index in [0.717, 1.165) is 18.8 Å².